The van der Waals surface area contributed by atoms with E-state index >= 15 is 0 Å². The van der Waals surface area contributed by atoms with Crippen LogP contribution in [0.5, 0.6) is 0 Å². The summed E-state index contributed by atoms with van der Waals surface area (Å²) in [5.41, 5.74) is 6.05. The molecule has 4 nitrogen and oxygen atoms in total. The Morgan fingerprint density at radius 1 is 1.52 bits per heavy atom. The van der Waals surface area contributed by atoms with Gasteiger partial charge in [0.15, 0.2) is 0 Å². The SMILES string of the molecule is CC1CCC(C(C)C)C(NC(=O)c2csc(CN)n2)C1.Cl. The van der Waals surface area contributed by atoms with Crippen LogP contribution in [0.4, 0.5) is 0 Å². The highest BCUT2D eigenvalue weighted by Crippen LogP contribution is 2.33. The molecular formula is C15H26ClN3OS. The molecule has 21 heavy (non-hydrogen) atoms. The number of nitrogens with two attached hydrogens (primary N) is 1. The largest absolute Gasteiger partial charge is 0.348 e. The van der Waals surface area contributed by atoms with E-state index in [1.54, 1.807) is 5.38 Å². The van der Waals surface area contributed by atoms with Gasteiger partial charge in [-0.15, -0.1) is 23.7 Å². The summed E-state index contributed by atoms with van der Waals surface area (Å²) in [5, 5.41) is 5.81. The fraction of sp³-hybridized carbons (Fsp3) is 0.733. The number of halogens is 1. The molecular weight excluding hydrogens is 306 g/mol. The monoisotopic (exact) mass is 331 g/mol. The van der Waals surface area contributed by atoms with Crippen molar-refractivity contribution in [3.8, 4) is 0 Å². The quantitative estimate of drug-likeness (QED) is 0.890. The Hall–Kier alpha value is -0.650. The predicted molar refractivity (Wildman–Crippen MR) is 89.9 cm³/mol. The van der Waals surface area contributed by atoms with Crippen molar-refractivity contribution in [1.29, 1.82) is 0 Å². The molecule has 1 amide bonds. The number of hydrogen-bond donors (Lipinski definition) is 2. The van der Waals surface area contributed by atoms with Gasteiger partial charge >= 0.3 is 0 Å². The van der Waals surface area contributed by atoms with Crippen molar-refractivity contribution in [2.24, 2.45) is 23.5 Å². The number of amides is 1. The van der Waals surface area contributed by atoms with Crippen LogP contribution in [0.2, 0.25) is 0 Å². The van der Waals surface area contributed by atoms with E-state index in [0.717, 1.165) is 11.4 Å². The van der Waals surface area contributed by atoms with E-state index in [2.05, 4.69) is 31.1 Å². The number of rotatable bonds is 4. The van der Waals surface area contributed by atoms with E-state index < -0.39 is 0 Å². The van der Waals surface area contributed by atoms with Crippen molar-refractivity contribution in [2.75, 3.05) is 0 Å². The summed E-state index contributed by atoms with van der Waals surface area (Å²) in [5.74, 6) is 1.81. The molecule has 0 saturated heterocycles. The standard InChI is InChI=1S/C15H25N3OS.ClH/c1-9(2)11-5-4-10(3)6-12(11)18-15(19)13-8-20-14(7-16)17-13;/h8-12H,4-7,16H2,1-3H3,(H,18,19);1H. The van der Waals surface area contributed by atoms with Crippen LogP contribution in [-0.2, 0) is 6.54 Å². The number of aromatic nitrogens is 1. The van der Waals surface area contributed by atoms with E-state index in [0.29, 0.717) is 30.0 Å². The van der Waals surface area contributed by atoms with E-state index in [1.165, 1.54) is 24.2 Å². The van der Waals surface area contributed by atoms with Gasteiger partial charge in [-0.2, -0.15) is 0 Å². The zero-order valence-electron chi connectivity index (χ0n) is 13.0. The minimum absolute atomic E-state index is 0. The molecule has 1 saturated carbocycles. The Labute approximate surface area is 137 Å². The Balaban J connectivity index is 0.00000220. The topological polar surface area (TPSA) is 68.0 Å². The van der Waals surface area contributed by atoms with Crippen LogP contribution in [0, 0.1) is 17.8 Å². The van der Waals surface area contributed by atoms with Crippen LogP contribution >= 0.6 is 23.7 Å². The first kappa shape index (κ1) is 18.4. The first-order chi connectivity index (χ1) is 9.51. The maximum atomic E-state index is 12.3. The lowest BCUT2D eigenvalue weighted by atomic mass is 9.74. The fourth-order valence-corrected chi connectivity index (χ4v) is 3.77. The predicted octanol–water partition coefficient (Wildman–Crippen LogP) is 3.21. The van der Waals surface area contributed by atoms with Crippen LogP contribution in [0.3, 0.4) is 0 Å². The number of carbonyl (C=O) groups is 1. The maximum absolute atomic E-state index is 12.3. The third-order valence-electron chi connectivity index (χ3n) is 4.30. The summed E-state index contributed by atoms with van der Waals surface area (Å²) >= 11 is 1.45. The van der Waals surface area contributed by atoms with Crippen LogP contribution in [-0.4, -0.2) is 16.9 Å². The molecule has 3 N–H and O–H groups in total. The molecule has 0 aromatic carbocycles. The lowest BCUT2D eigenvalue weighted by molar-refractivity contribution is 0.0863. The molecule has 6 heteroatoms. The molecule has 1 aromatic heterocycles. The number of nitrogens with one attached hydrogen (secondary N) is 1. The average molecular weight is 332 g/mol. The van der Waals surface area contributed by atoms with Crippen molar-refractivity contribution < 1.29 is 4.79 Å². The van der Waals surface area contributed by atoms with E-state index in [9.17, 15) is 4.79 Å². The van der Waals surface area contributed by atoms with Crippen LogP contribution in [0.15, 0.2) is 5.38 Å². The zero-order chi connectivity index (χ0) is 14.7. The highest BCUT2D eigenvalue weighted by Gasteiger charge is 2.32. The van der Waals surface area contributed by atoms with E-state index in [1.807, 2.05) is 0 Å². The van der Waals surface area contributed by atoms with Crippen molar-refractivity contribution in [3.05, 3.63) is 16.1 Å². The molecule has 0 radical (unpaired) electrons. The van der Waals surface area contributed by atoms with Gasteiger partial charge in [0.25, 0.3) is 5.91 Å². The molecule has 2 rings (SSSR count). The second kappa shape index (κ2) is 8.11. The number of thiazole rings is 1. The number of carbonyl (C=O) groups excluding carboxylic acids is 1. The first-order valence-electron chi connectivity index (χ1n) is 7.46. The molecule has 0 aliphatic heterocycles. The van der Waals surface area contributed by atoms with Gasteiger partial charge in [0.05, 0.1) is 0 Å². The van der Waals surface area contributed by atoms with Gasteiger partial charge in [0.1, 0.15) is 10.7 Å². The van der Waals surface area contributed by atoms with Gasteiger partial charge in [-0.05, 0) is 30.6 Å². The molecule has 3 atom stereocenters. The summed E-state index contributed by atoms with van der Waals surface area (Å²) in [4.78, 5) is 16.6. The summed E-state index contributed by atoms with van der Waals surface area (Å²) in [6.07, 6.45) is 3.54. The van der Waals surface area contributed by atoms with Crippen molar-refractivity contribution in [2.45, 2.75) is 52.6 Å². The van der Waals surface area contributed by atoms with Gasteiger partial charge in [-0.25, -0.2) is 4.98 Å². The lowest BCUT2D eigenvalue weighted by Crippen LogP contribution is -2.45. The number of hydrogen-bond acceptors (Lipinski definition) is 4. The molecule has 3 unspecified atom stereocenters. The number of nitrogens with zero attached hydrogens (tertiary/aromatic N) is 1. The molecule has 120 valence electrons. The summed E-state index contributed by atoms with van der Waals surface area (Å²) < 4.78 is 0. The Morgan fingerprint density at radius 2 is 2.24 bits per heavy atom. The lowest BCUT2D eigenvalue weighted by Gasteiger charge is -2.37. The van der Waals surface area contributed by atoms with Crippen molar-refractivity contribution >= 4 is 29.7 Å². The molecule has 0 bridgehead atoms. The Bertz CT molecular complexity index is 464. The Kier molecular flexibility index (Phi) is 7.10. The first-order valence-corrected chi connectivity index (χ1v) is 8.34. The summed E-state index contributed by atoms with van der Waals surface area (Å²) in [6, 6.07) is 0.272. The van der Waals surface area contributed by atoms with Crippen LogP contribution in [0.25, 0.3) is 0 Å². The highest BCUT2D eigenvalue weighted by atomic mass is 35.5. The third kappa shape index (κ3) is 4.66. The fourth-order valence-electron chi connectivity index (χ4n) is 3.12. The van der Waals surface area contributed by atoms with Crippen molar-refractivity contribution in [3.63, 3.8) is 0 Å². The minimum atomic E-state index is -0.0503. The second-order valence-corrected chi connectivity index (χ2v) is 7.18. The average Bonchev–Trinajstić information content (AvgIpc) is 2.87. The maximum Gasteiger partial charge on any atom is 0.270 e. The minimum Gasteiger partial charge on any atom is -0.348 e. The van der Waals surface area contributed by atoms with Gasteiger partial charge in [0, 0.05) is 18.0 Å². The Morgan fingerprint density at radius 3 is 2.81 bits per heavy atom. The molecule has 1 fully saturated rings. The second-order valence-electron chi connectivity index (χ2n) is 6.24. The smallest absolute Gasteiger partial charge is 0.270 e. The summed E-state index contributed by atoms with van der Waals surface area (Å²) in [7, 11) is 0. The zero-order valence-corrected chi connectivity index (χ0v) is 14.6. The van der Waals surface area contributed by atoms with Gasteiger partial charge < -0.3 is 11.1 Å². The molecule has 1 heterocycles. The highest BCUT2D eigenvalue weighted by molar-refractivity contribution is 7.09. The molecule has 1 aliphatic rings. The van der Waals surface area contributed by atoms with Gasteiger partial charge in [-0.3, -0.25) is 4.79 Å². The summed E-state index contributed by atoms with van der Waals surface area (Å²) in [6.45, 7) is 7.16. The van der Waals surface area contributed by atoms with Crippen LogP contribution in [0.1, 0.15) is 55.5 Å². The van der Waals surface area contributed by atoms with Gasteiger partial charge in [0.2, 0.25) is 0 Å². The molecule has 1 aromatic rings. The van der Waals surface area contributed by atoms with E-state index in [-0.39, 0.29) is 24.4 Å². The van der Waals surface area contributed by atoms with Gasteiger partial charge in [-0.1, -0.05) is 27.2 Å². The third-order valence-corrected chi connectivity index (χ3v) is 5.17. The normalized spacial score (nSPS) is 25.5. The van der Waals surface area contributed by atoms with Crippen LogP contribution < -0.4 is 11.1 Å². The molecule has 0 spiro atoms. The molecule has 1 aliphatic carbocycles. The van der Waals surface area contributed by atoms with Crippen molar-refractivity contribution in [1.82, 2.24) is 10.3 Å². The van der Waals surface area contributed by atoms with E-state index in [4.69, 9.17) is 5.73 Å².